The largest absolute Gasteiger partial charge is 0.464 e. The molecule has 0 aromatic heterocycles. The molecule has 0 aromatic carbocycles. The lowest BCUT2D eigenvalue weighted by atomic mass is 9.41. The zero-order valence-electron chi connectivity index (χ0n) is 12.8. The number of aliphatic hydroxyl groups is 3. The molecule has 0 amide bonds. The SMILES string of the molecule is C[C@H]1[C@H](O)[C@H]2O[C@@H]3[C@H](O)C[C@]4(C)[C@]25COC(=O)[C@]15CC[C@]34O. The van der Waals surface area contributed by atoms with E-state index in [0.29, 0.717) is 19.3 Å². The maximum Gasteiger partial charge on any atom is 0.313 e. The van der Waals surface area contributed by atoms with Gasteiger partial charge in [0.25, 0.3) is 0 Å². The lowest BCUT2D eigenvalue weighted by Gasteiger charge is -2.64. The highest BCUT2D eigenvalue weighted by atomic mass is 16.6. The second-order valence-electron chi connectivity index (χ2n) is 8.30. The number of ether oxygens (including phenoxy) is 2. The second kappa shape index (κ2) is 3.38. The van der Waals surface area contributed by atoms with E-state index in [1.165, 1.54) is 0 Å². The Morgan fingerprint density at radius 3 is 2.68 bits per heavy atom. The van der Waals surface area contributed by atoms with E-state index in [4.69, 9.17) is 9.47 Å². The fraction of sp³-hybridized carbons (Fsp3) is 0.938. The van der Waals surface area contributed by atoms with E-state index >= 15 is 0 Å². The number of esters is 1. The number of hydrogen-bond acceptors (Lipinski definition) is 6. The van der Waals surface area contributed by atoms with Crippen molar-refractivity contribution in [2.24, 2.45) is 22.2 Å². The summed E-state index contributed by atoms with van der Waals surface area (Å²) in [7, 11) is 0. The molecule has 5 fully saturated rings. The molecule has 3 aliphatic carbocycles. The Kier molecular flexibility index (Phi) is 2.11. The molecule has 4 bridgehead atoms. The van der Waals surface area contributed by atoms with Gasteiger partial charge in [-0.25, -0.2) is 0 Å². The monoisotopic (exact) mass is 310 g/mol. The molecule has 0 radical (unpaired) electrons. The van der Waals surface area contributed by atoms with Gasteiger partial charge in [0.1, 0.15) is 12.7 Å². The third-order valence-corrected chi connectivity index (χ3v) is 8.25. The maximum absolute atomic E-state index is 12.7. The summed E-state index contributed by atoms with van der Waals surface area (Å²) >= 11 is 0. The van der Waals surface area contributed by atoms with E-state index < -0.39 is 46.3 Å². The average Bonchev–Trinajstić information content (AvgIpc) is 2.90. The van der Waals surface area contributed by atoms with Gasteiger partial charge in [-0.15, -0.1) is 0 Å². The average molecular weight is 310 g/mol. The minimum absolute atomic E-state index is 0.163. The fourth-order valence-corrected chi connectivity index (χ4v) is 7.18. The van der Waals surface area contributed by atoms with Gasteiger partial charge >= 0.3 is 5.97 Å². The van der Waals surface area contributed by atoms with Crippen molar-refractivity contribution in [2.45, 2.75) is 63.1 Å². The van der Waals surface area contributed by atoms with E-state index in [1.807, 2.05) is 13.8 Å². The van der Waals surface area contributed by atoms with Gasteiger partial charge in [-0.05, 0) is 19.3 Å². The predicted molar refractivity (Wildman–Crippen MR) is 72.6 cm³/mol. The van der Waals surface area contributed by atoms with Gasteiger partial charge in [0.05, 0.1) is 34.7 Å². The van der Waals surface area contributed by atoms with E-state index in [0.717, 1.165) is 0 Å². The van der Waals surface area contributed by atoms with Gasteiger partial charge in [-0.3, -0.25) is 4.79 Å². The Balaban J connectivity index is 1.85. The topological polar surface area (TPSA) is 96.2 Å². The normalized spacial score (nSPS) is 68.0. The fourth-order valence-electron chi connectivity index (χ4n) is 7.18. The van der Waals surface area contributed by atoms with Crippen LogP contribution in [0.5, 0.6) is 0 Å². The van der Waals surface area contributed by atoms with E-state index in [9.17, 15) is 20.1 Å². The second-order valence-corrected chi connectivity index (χ2v) is 8.30. The first kappa shape index (κ1) is 13.7. The third kappa shape index (κ3) is 0.911. The molecule has 9 atom stereocenters. The molecule has 2 aliphatic heterocycles. The first-order chi connectivity index (χ1) is 10.3. The summed E-state index contributed by atoms with van der Waals surface area (Å²) in [4.78, 5) is 12.7. The van der Waals surface area contributed by atoms with Gasteiger partial charge in [-0.2, -0.15) is 0 Å². The van der Waals surface area contributed by atoms with Crippen LogP contribution in [-0.4, -0.2) is 57.9 Å². The minimum Gasteiger partial charge on any atom is -0.464 e. The van der Waals surface area contributed by atoms with Crippen LogP contribution in [0.3, 0.4) is 0 Å². The molecule has 5 aliphatic rings. The molecule has 1 spiro atoms. The van der Waals surface area contributed by atoms with Crippen LogP contribution < -0.4 is 0 Å². The molecule has 5 rings (SSSR count). The van der Waals surface area contributed by atoms with Crippen LogP contribution in [0.25, 0.3) is 0 Å². The van der Waals surface area contributed by atoms with Crippen LogP contribution in [0, 0.1) is 22.2 Å². The predicted octanol–water partition coefficient (Wildman–Crippen LogP) is -0.410. The molecule has 0 aromatic rings. The van der Waals surface area contributed by atoms with Gasteiger partial charge in [0.2, 0.25) is 0 Å². The first-order valence-electron chi connectivity index (χ1n) is 8.17. The first-order valence-corrected chi connectivity index (χ1v) is 8.17. The molecule has 2 heterocycles. The molecule has 2 saturated heterocycles. The zero-order chi connectivity index (χ0) is 15.7. The standard InChI is InChI=1S/C16H22O6/c1-7-9(18)11-15-6-21-12(19)14(7,15)3-4-16(20)10(22-11)8(17)5-13(15,16)2/h7-11,17-18,20H,3-6H2,1-2H3/t7-,8+,9-,10+,11+,13+,14-,15-,16-/m0/s1. The summed E-state index contributed by atoms with van der Waals surface area (Å²) in [5.41, 5.74) is -3.42. The molecular formula is C16H22O6. The molecule has 22 heavy (non-hydrogen) atoms. The molecule has 6 heteroatoms. The molecule has 3 N–H and O–H groups in total. The van der Waals surface area contributed by atoms with Crippen LogP contribution in [0.1, 0.15) is 33.1 Å². The number of carbonyl (C=O) groups is 1. The lowest BCUT2D eigenvalue weighted by molar-refractivity contribution is -0.315. The van der Waals surface area contributed by atoms with Crippen LogP contribution >= 0.6 is 0 Å². The van der Waals surface area contributed by atoms with Gasteiger partial charge in [0.15, 0.2) is 0 Å². The zero-order valence-corrected chi connectivity index (χ0v) is 12.8. The minimum atomic E-state index is -1.16. The number of cyclic esters (lactones) is 1. The molecular weight excluding hydrogens is 288 g/mol. The Labute approximate surface area is 128 Å². The highest BCUT2D eigenvalue weighted by Crippen LogP contribution is 2.80. The summed E-state index contributed by atoms with van der Waals surface area (Å²) in [5.74, 6) is -0.543. The third-order valence-electron chi connectivity index (χ3n) is 8.25. The highest BCUT2D eigenvalue weighted by Gasteiger charge is 2.90. The van der Waals surface area contributed by atoms with E-state index in [2.05, 4.69) is 0 Å². The smallest absolute Gasteiger partial charge is 0.313 e. The summed E-state index contributed by atoms with van der Waals surface area (Å²) in [6.07, 6.45) is -1.55. The van der Waals surface area contributed by atoms with Gasteiger partial charge in [0, 0.05) is 11.3 Å². The van der Waals surface area contributed by atoms with E-state index in [-0.39, 0.29) is 18.5 Å². The van der Waals surface area contributed by atoms with Crippen molar-refractivity contribution < 1.29 is 29.6 Å². The summed E-state index contributed by atoms with van der Waals surface area (Å²) < 4.78 is 11.6. The van der Waals surface area contributed by atoms with Crippen LogP contribution in [0.4, 0.5) is 0 Å². The van der Waals surface area contributed by atoms with Crippen molar-refractivity contribution in [1.29, 1.82) is 0 Å². The lowest BCUT2D eigenvalue weighted by Crippen LogP contribution is -2.73. The van der Waals surface area contributed by atoms with Crippen molar-refractivity contribution in [3.63, 3.8) is 0 Å². The number of rotatable bonds is 0. The number of carbonyl (C=O) groups excluding carboxylic acids is 1. The van der Waals surface area contributed by atoms with Crippen LogP contribution in [-0.2, 0) is 14.3 Å². The van der Waals surface area contributed by atoms with Gasteiger partial charge < -0.3 is 24.8 Å². The Bertz CT molecular complexity index is 593. The maximum atomic E-state index is 12.7. The summed E-state index contributed by atoms with van der Waals surface area (Å²) in [5, 5.41) is 32.6. The summed E-state index contributed by atoms with van der Waals surface area (Å²) in [6, 6.07) is 0. The molecule has 6 nitrogen and oxygen atoms in total. The quantitative estimate of drug-likeness (QED) is 0.526. The van der Waals surface area contributed by atoms with E-state index in [1.54, 1.807) is 0 Å². The molecule has 122 valence electrons. The number of hydrogen-bond donors (Lipinski definition) is 3. The van der Waals surface area contributed by atoms with Crippen LogP contribution in [0.15, 0.2) is 0 Å². The number of aliphatic hydroxyl groups excluding tert-OH is 2. The Morgan fingerprint density at radius 1 is 1.23 bits per heavy atom. The van der Waals surface area contributed by atoms with Crippen molar-refractivity contribution >= 4 is 5.97 Å². The molecule has 3 saturated carbocycles. The van der Waals surface area contributed by atoms with Crippen molar-refractivity contribution in [3.8, 4) is 0 Å². The van der Waals surface area contributed by atoms with Crippen molar-refractivity contribution in [3.05, 3.63) is 0 Å². The van der Waals surface area contributed by atoms with Crippen LogP contribution in [0.2, 0.25) is 0 Å². The Morgan fingerprint density at radius 2 is 1.95 bits per heavy atom. The summed E-state index contributed by atoms with van der Waals surface area (Å²) in [6.45, 7) is 4.00. The highest BCUT2D eigenvalue weighted by molar-refractivity contribution is 5.83. The van der Waals surface area contributed by atoms with Crippen molar-refractivity contribution in [2.75, 3.05) is 6.61 Å². The van der Waals surface area contributed by atoms with Gasteiger partial charge in [-0.1, -0.05) is 13.8 Å². The van der Waals surface area contributed by atoms with Crippen molar-refractivity contribution in [1.82, 2.24) is 0 Å². The molecule has 0 unspecified atom stereocenters. The Hall–Kier alpha value is -0.690.